The van der Waals surface area contributed by atoms with Gasteiger partial charge in [-0.1, -0.05) is 24.3 Å². The minimum atomic E-state index is -0.895. The van der Waals surface area contributed by atoms with Crippen molar-refractivity contribution in [2.24, 2.45) is 0 Å². The van der Waals surface area contributed by atoms with Crippen LogP contribution in [0.25, 0.3) is 0 Å². The SMILES string of the molecule is COC(=O)c1ccc(COC(=O)c2ccccc2C(=O)OCc2ccc(C(=O)OC)cc2C(=O)OC)c(C(=O)OC)c1. The van der Waals surface area contributed by atoms with Gasteiger partial charge in [-0.2, -0.15) is 0 Å². The Morgan fingerprint density at radius 2 is 0.810 bits per heavy atom. The highest BCUT2D eigenvalue weighted by Crippen LogP contribution is 2.20. The third-order valence-electron chi connectivity index (χ3n) is 5.96. The summed E-state index contributed by atoms with van der Waals surface area (Å²) >= 11 is 0. The first-order valence-electron chi connectivity index (χ1n) is 12.2. The zero-order valence-corrected chi connectivity index (χ0v) is 23.1. The predicted molar refractivity (Wildman–Crippen MR) is 143 cm³/mol. The molecule has 0 saturated heterocycles. The lowest BCUT2D eigenvalue weighted by Gasteiger charge is -2.13. The molecule has 0 unspecified atom stereocenters. The van der Waals surface area contributed by atoms with Gasteiger partial charge < -0.3 is 28.4 Å². The number of carbonyl (C=O) groups is 6. The third kappa shape index (κ3) is 7.16. The molecule has 0 atom stereocenters. The molecule has 0 aliphatic carbocycles. The minimum absolute atomic E-state index is 0.0134. The number of carbonyl (C=O) groups excluding carboxylic acids is 6. The number of benzene rings is 3. The van der Waals surface area contributed by atoms with E-state index < -0.39 is 35.8 Å². The summed E-state index contributed by atoms with van der Waals surface area (Å²) < 4.78 is 29.6. The van der Waals surface area contributed by atoms with E-state index >= 15 is 0 Å². The fraction of sp³-hybridized carbons (Fsp3) is 0.200. The van der Waals surface area contributed by atoms with Crippen molar-refractivity contribution in [1.29, 1.82) is 0 Å². The van der Waals surface area contributed by atoms with E-state index in [1.54, 1.807) is 0 Å². The lowest BCUT2D eigenvalue weighted by atomic mass is 10.0. The standard InChI is InChI=1S/C30H26O12/c1-37-25(31)17-9-11-19(23(13-17)27(33)39-3)15-41-29(35)21-7-5-6-8-22(21)30(36)42-16-20-12-10-18(26(32)38-2)14-24(20)28(34)40-4/h5-14H,15-16H2,1-4H3. The van der Waals surface area contributed by atoms with E-state index in [0.29, 0.717) is 0 Å². The van der Waals surface area contributed by atoms with Crippen molar-refractivity contribution in [2.45, 2.75) is 13.2 Å². The van der Waals surface area contributed by atoms with Gasteiger partial charge in [0, 0.05) is 11.1 Å². The number of methoxy groups -OCH3 is 4. The molecule has 0 aliphatic rings. The van der Waals surface area contributed by atoms with Gasteiger partial charge in [0.15, 0.2) is 0 Å². The first kappa shape index (κ1) is 31.0. The van der Waals surface area contributed by atoms with Crippen molar-refractivity contribution in [1.82, 2.24) is 0 Å². The van der Waals surface area contributed by atoms with Crippen LogP contribution in [0.4, 0.5) is 0 Å². The molecule has 0 heterocycles. The summed E-state index contributed by atoms with van der Waals surface area (Å²) in [6.07, 6.45) is 0. The Morgan fingerprint density at radius 3 is 1.14 bits per heavy atom. The highest BCUT2D eigenvalue weighted by atomic mass is 16.5. The molecule has 3 aromatic carbocycles. The van der Waals surface area contributed by atoms with Crippen LogP contribution >= 0.6 is 0 Å². The zero-order chi connectivity index (χ0) is 30.8. The van der Waals surface area contributed by atoms with Crippen molar-refractivity contribution in [3.63, 3.8) is 0 Å². The first-order chi connectivity index (χ1) is 20.1. The molecular weight excluding hydrogens is 552 g/mol. The Kier molecular flexibility index (Phi) is 10.5. The number of hydrogen-bond acceptors (Lipinski definition) is 12. The van der Waals surface area contributed by atoms with E-state index in [2.05, 4.69) is 9.47 Å². The summed E-state index contributed by atoms with van der Waals surface area (Å²) in [6.45, 7) is -0.772. The summed E-state index contributed by atoms with van der Waals surface area (Å²) in [5, 5.41) is 0. The van der Waals surface area contributed by atoms with E-state index in [4.69, 9.17) is 18.9 Å². The van der Waals surface area contributed by atoms with E-state index in [0.717, 1.165) is 14.2 Å². The molecule has 218 valence electrons. The second-order valence-electron chi connectivity index (χ2n) is 8.41. The highest BCUT2D eigenvalue weighted by Gasteiger charge is 2.23. The van der Waals surface area contributed by atoms with Gasteiger partial charge in [0.25, 0.3) is 0 Å². The molecule has 12 nitrogen and oxygen atoms in total. The molecule has 0 bridgehead atoms. The summed E-state index contributed by atoms with van der Waals surface area (Å²) in [4.78, 5) is 74.2. The molecular formula is C30H26O12. The van der Waals surface area contributed by atoms with Crippen LogP contribution in [0.1, 0.15) is 73.3 Å². The average Bonchev–Trinajstić information content (AvgIpc) is 3.04. The topological polar surface area (TPSA) is 158 Å². The van der Waals surface area contributed by atoms with Crippen LogP contribution in [0.2, 0.25) is 0 Å². The van der Waals surface area contributed by atoms with E-state index in [1.165, 1.54) is 74.9 Å². The van der Waals surface area contributed by atoms with Crippen molar-refractivity contribution in [3.8, 4) is 0 Å². The normalized spacial score (nSPS) is 10.2. The summed E-state index contributed by atoms with van der Waals surface area (Å²) in [5.41, 5.74) is 0.404. The first-order valence-corrected chi connectivity index (χ1v) is 12.2. The van der Waals surface area contributed by atoms with E-state index in [1.807, 2.05) is 0 Å². The lowest BCUT2D eigenvalue weighted by Crippen LogP contribution is -2.16. The van der Waals surface area contributed by atoms with Gasteiger partial charge in [0.1, 0.15) is 13.2 Å². The fourth-order valence-electron chi connectivity index (χ4n) is 3.78. The predicted octanol–water partition coefficient (Wildman–Crippen LogP) is 3.55. The molecule has 12 heteroatoms. The molecule has 0 amide bonds. The second kappa shape index (κ2) is 14.2. The highest BCUT2D eigenvalue weighted by molar-refractivity contribution is 6.03. The van der Waals surface area contributed by atoms with Crippen LogP contribution < -0.4 is 0 Å². The molecule has 0 fully saturated rings. The van der Waals surface area contributed by atoms with Crippen LogP contribution in [0, 0.1) is 0 Å². The van der Waals surface area contributed by atoms with Crippen LogP contribution in [0.5, 0.6) is 0 Å². The van der Waals surface area contributed by atoms with Gasteiger partial charge in [0.05, 0.1) is 61.8 Å². The van der Waals surface area contributed by atoms with Gasteiger partial charge in [-0.25, -0.2) is 28.8 Å². The maximum atomic E-state index is 13.0. The average molecular weight is 579 g/mol. The van der Waals surface area contributed by atoms with Crippen LogP contribution in [-0.4, -0.2) is 64.3 Å². The number of rotatable bonds is 10. The largest absolute Gasteiger partial charge is 0.465 e. The maximum Gasteiger partial charge on any atom is 0.339 e. The zero-order valence-electron chi connectivity index (χ0n) is 23.1. The van der Waals surface area contributed by atoms with Gasteiger partial charge in [-0.3, -0.25) is 0 Å². The summed E-state index contributed by atoms with van der Waals surface area (Å²) in [5.74, 6) is -4.66. The molecule has 42 heavy (non-hydrogen) atoms. The van der Waals surface area contributed by atoms with Crippen molar-refractivity contribution < 1.29 is 57.2 Å². The van der Waals surface area contributed by atoms with Crippen LogP contribution in [-0.2, 0) is 41.6 Å². The Balaban J connectivity index is 1.79. The molecule has 0 spiro atoms. The minimum Gasteiger partial charge on any atom is -0.465 e. The molecule has 0 aliphatic heterocycles. The Labute approximate surface area is 240 Å². The van der Waals surface area contributed by atoms with Crippen molar-refractivity contribution in [2.75, 3.05) is 28.4 Å². The molecule has 3 aromatic rings. The Hall–Kier alpha value is -5.52. The number of ether oxygens (including phenoxy) is 6. The van der Waals surface area contributed by atoms with Gasteiger partial charge in [-0.05, 0) is 36.4 Å². The van der Waals surface area contributed by atoms with Gasteiger partial charge >= 0.3 is 35.8 Å². The molecule has 0 saturated carbocycles. The van der Waals surface area contributed by atoms with Crippen LogP contribution in [0.3, 0.4) is 0 Å². The molecule has 0 radical (unpaired) electrons. The molecule has 0 aromatic heterocycles. The Bertz CT molecular complexity index is 1420. The van der Waals surface area contributed by atoms with Gasteiger partial charge in [0.2, 0.25) is 0 Å². The van der Waals surface area contributed by atoms with Crippen LogP contribution in [0.15, 0.2) is 60.7 Å². The molecule has 3 rings (SSSR count). The smallest absolute Gasteiger partial charge is 0.339 e. The lowest BCUT2D eigenvalue weighted by molar-refractivity contribution is 0.0419. The van der Waals surface area contributed by atoms with Gasteiger partial charge in [-0.15, -0.1) is 0 Å². The van der Waals surface area contributed by atoms with Crippen molar-refractivity contribution >= 4 is 35.8 Å². The number of esters is 6. The maximum absolute atomic E-state index is 13.0. The fourth-order valence-corrected chi connectivity index (χ4v) is 3.78. The number of hydrogen-bond donors (Lipinski definition) is 0. The quantitative estimate of drug-likeness (QED) is 0.255. The van der Waals surface area contributed by atoms with Crippen molar-refractivity contribution in [3.05, 3.63) is 105 Å². The Morgan fingerprint density at radius 1 is 0.452 bits per heavy atom. The second-order valence-corrected chi connectivity index (χ2v) is 8.41. The summed E-state index contributed by atoms with van der Waals surface area (Å²) in [6, 6.07) is 13.9. The van der Waals surface area contributed by atoms with E-state index in [-0.39, 0.29) is 57.7 Å². The third-order valence-corrected chi connectivity index (χ3v) is 5.96. The monoisotopic (exact) mass is 578 g/mol. The summed E-state index contributed by atoms with van der Waals surface area (Å²) in [7, 11) is 4.70. The molecule has 0 N–H and O–H groups in total. The van der Waals surface area contributed by atoms with E-state index in [9.17, 15) is 28.8 Å².